The van der Waals surface area contributed by atoms with E-state index in [2.05, 4.69) is 4.90 Å². The topological polar surface area (TPSA) is 77.5 Å². The van der Waals surface area contributed by atoms with Gasteiger partial charge in [-0.3, -0.25) is 9.69 Å². The molecule has 160 valence electrons. The maximum absolute atomic E-state index is 12.5. The Hall–Kier alpha value is -2.77. The van der Waals surface area contributed by atoms with E-state index in [0.29, 0.717) is 37.8 Å². The van der Waals surface area contributed by atoms with Gasteiger partial charge < -0.3 is 24.1 Å². The van der Waals surface area contributed by atoms with Gasteiger partial charge in [-0.05, 0) is 42.3 Å². The number of hydrogen-bond acceptors (Lipinski definition) is 6. The third-order valence-electron chi connectivity index (χ3n) is 5.89. The van der Waals surface area contributed by atoms with Gasteiger partial charge in [0.15, 0.2) is 11.5 Å². The molecule has 2 aliphatic heterocycles. The summed E-state index contributed by atoms with van der Waals surface area (Å²) in [4.78, 5) is 14.7. The van der Waals surface area contributed by atoms with E-state index >= 15 is 0 Å². The van der Waals surface area contributed by atoms with Crippen LogP contribution >= 0.6 is 0 Å². The van der Waals surface area contributed by atoms with E-state index in [0.717, 1.165) is 16.9 Å². The average molecular weight is 413 g/mol. The largest absolute Gasteiger partial charge is 0.497 e. The SMILES string of the molecule is CCOCCN1CC(c2ccc3c(c2)OCO3)C(C(=O)O)C1c1ccc(OC)cc1. The number of ether oxygens (including phenoxy) is 4. The van der Waals surface area contributed by atoms with Crippen LogP contribution < -0.4 is 14.2 Å². The summed E-state index contributed by atoms with van der Waals surface area (Å²) in [6.45, 7) is 4.63. The van der Waals surface area contributed by atoms with E-state index < -0.39 is 11.9 Å². The van der Waals surface area contributed by atoms with E-state index in [-0.39, 0.29) is 18.8 Å². The summed E-state index contributed by atoms with van der Waals surface area (Å²) in [5, 5.41) is 10.2. The molecule has 7 nitrogen and oxygen atoms in total. The Kier molecular flexibility index (Phi) is 6.11. The van der Waals surface area contributed by atoms with Gasteiger partial charge >= 0.3 is 5.97 Å². The molecule has 1 fully saturated rings. The number of aliphatic carboxylic acids is 1. The average Bonchev–Trinajstić information content (AvgIpc) is 3.38. The van der Waals surface area contributed by atoms with Crippen molar-refractivity contribution in [1.82, 2.24) is 4.90 Å². The predicted octanol–water partition coefficient (Wildman–Crippen LogP) is 3.30. The van der Waals surface area contributed by atoms with E-state index in [9.17, 15) is 9.90 Å². The summed E-state index contributed by atoms with van der Waals surface area (Å²) in [6.07, 6.45) is 0. The van der Waals surface area contributed by atoms with Crippen LogP contribution in [0.2, 0.25) is 0 Å². The molecule has 0 aliphatic carbocycles. The molecule has 0 bridgehead atoms. The van der Waals surface area contributed by atoms with Crippen LogP contribution in [-0.4, -0.2) is 56.2 Å². The lowest BCUT2D eigenvalue weighted by atomic mass is 9.82. The van der Waals surface area contributed by atoms with Crippen LogP contribution in [0.3, 0.4) is 0 Å². The number of carbonyl (C=O) groups is 1. The monoisotopic (exact) mass is 413 g/mol. The highest BCUT2D eigenvalue weighted by Gasteiger charge is 2.47. The van der Waals surface area contributed by atoms with Crippen molar-refractivity contribution in [3.63, 3.8) is 0 Å². The summed E-state index contributed by atoms with van der Waals surface area (Å²) in [5.41, 5.74) is 1.91. The minimum absolute atomic E-state index is 0.175. The lowest BCUT2D eigenvalue weighted by Crippen LogP contribution is -2.31. The fourth-order valence-corrected chi connectivity index (χ4v) is 4.47. The van der Waals surface area contributed by atoms with Crippen LogP contribution in [0.5, 0.6) is 17.2 Å². The highest BCUT2D eigenvalue weighted by atomic mass is 16.7. The Morgan fingerprint density at radius 3 is 2.57 bits per heavy atom. The van der Waals surface area contributed by atoms with Crippen LogP contribution in [0.4, 0.5) is 0 Å². The maximum Gasteiger partial charge on any atom is 0.309 e. The highest BCUT2D eigenvalue weighted by Crippen LogP contribution is 2.47. The number of nitrogens with zero attached hydrogens (tertiary/aromatic N) is 1. The molecule has 1 saturated heterocycles. The normalized spacial score (nSPS) is 22.9. The van der Waals surface area contributed by atoms with Crippen molar-refractivity contribution in [3.8, 4) is 17.2 Å². The number of carboxylic acids is 1. The first-order chi connectivity index (χ1) is 14.6. The molecule has 7 heteroatoms. The molecule has 2 aliphatic rings. The Morgan fingerprint density at radius 2 is 1.87 bits per heavy atom. The van der Waals surface area contributed by atoms with Crippen LogP contribution in [0.25, 0.3) is 0 Å². The highest BCUT2D eigenvalue weighted by molar-refractivity contribution is 5.74. The minimum Gasteiger partial charge on any atom is -0.497 e. The van der Waals surface area contributed by atoms with Crippen molar-refractivity contribution in [2.24, 2.45) is 5.92 Å². The van der Waals surface area contributed by atoms with Gasteiger partial charge in [-0.2, -0.15) is 0 Å². The van der Waals surface area contributed by atoms with Gasteiger partial charge in [0.1, 0.15) is 5.75 Å². The summed E-state index contributed by atoms with van der Waals surface area (Å²) in [5.74, 6) is 0.536. The Morgan fingerprint density at radius 1 is 1.13 bits per heavy atom. The molecule has 3 unspecified atom stereocenters. The molecule has 4 rings (SSSR count). The van der Waals surface area contributed by atoms with Crippen molar-refractivity contribution in [3.05, 3.63) is 53.6 Å². The van der Waals surface area contributed by atoms with E-state index in [1.807, 2.05) is 49.4 Å². The zero-order valence-corrected chi connectivity index (χ0v) is 17.2. The van der Waals surface area contributed by atoms with E-state index in [1.165, 1.54) is 0 Å². The molecule has 30 heavy (non-hydrogen) atoms. The number of fused-ring (bicyclic) bond motifs is 1. The smallest absolute Gasteiger partial charge is 0.309 e. The molecule has 0 spiro atoms. The predicted molar refractivity (Wildman–Crippen MR) is 110 cm³/mol. The van der Waals surface area contributed by atoms with Gasteiger partial charge in [-0.15, -0.1) is 0 Å². The molecule has 2 aromatic carbocycles. The van der Waals surface area contributed by atoms with Gasteiger partial charge in [0.25, 0.3) is 0 Å². The lowest BCUT2D eigenvalue weighted by molar-refractivity contribution is -0.143. The van der Waals surface area contributed by atoms with Gasteiger partial charge in [-0.1, -0.05) is 18.2 Å². The Labute approximate surface area is 176 Å². The second-order valence-electron chi connectivity index (χ2n) is 7.49. The van der Waals surface area contributed by atoms with Crippen LogP contribution in [0, 0.1) is 5.92 Å². The van der Waals surface area contributed by atoms with Crippen LogP contribution in [-0.2, 0) is 9.53 Å². The molecule has 0 aromatic heterocycles. The van der Waals surface area contributed by atoms with Crippen LogP contribution in [0.15, 0.2) is 42.5 Å². The van der Waals surface area contributed by atoms with Gasteiger partial charge in [-0.25, -0.2) is 0 Å². The summed E-state index contributed by atoms with van der Waals surface area (Å²) in [6, 6.07) is 13.1. The molecule has 0 radical (unpaired) electrons. The summed E-state index contributed by atoms with van der Waals surface area (Å²) in [7, 11) is 1.62. The van der Waals surface area contributed by atoms with Crippen molar-refractivity contribution >= 4 is 5.97 Å². The maximum atomic E-state index is 12.5. The second-order valence-corrected chi connectivity index (χ2v) is 7.49. The van der Waals surface area contributed by atoms with Crippen molar-refractivity contribution in [2.75, 3.05) is 40.2 Å². The second kappa shape index (κ2) is 8.93. The van der Waals surface area contributed by atoms with Crippen molar-refractivity contribution in [1.29, 1.82) is 0 Å². The van der Waals surface area contributed by atoms with Crippen molar-refractivity contribution in [2.45, 2.75) is 18.9 Å². The van der Waals surface area contributed by atoms with Crippen molar-refractivity contribution < 1.29 is 28.8 Å². The first-order valence-electron chi connectivity index (χ1n) is 10.2. The molecule has 2 aromatic rings. The van der Waals surface area contributed by atoms with Gasteiger partial charge in [0.05, 0.1) is 19.6 Å². The third-order valence-corrected chi connectivity index (χ3v) is 5.89. The minimum atomic E-state index is -0.808. The zero-order valence-electron chi connectivity index (χ0n) is 17.2. The van der Waals surface area contributed by atoms with Crippen LogP contribution in [0.1, 0.15) is 30.0 Å². The van der Waals surface area contributed by atoms with E-state index in [4.69, 9.17) is 18.9 Å². The van der Waals surface area contributed by atoms with E-state index in [1.54, 1.807) is 7.11 Å². The lowest BCUT2D eigenvalue weighted by Gasteiger charge is -2.27. The number of rotatable bonds is 8. The number of benzene rings is 2. The Bertz CT molecular complexity index is 884. The number of carboxylic acid groups (broad SMARTS) is 1. The molecular formula is C23H27NO6. The first kappa shape index (κ1) is 20.5. The standard InChI is InChI=1S/C23H27NO6/c1-3-28-11-10-24-13-18(16-6-9-19-20(12-16)30-14-29-19)21(23(25)26)22(24)15-4-7-17(27-2)8-5-15/h4-9,12,18,21-22H,3,10-11,13-14H2,1-2H3,(H,25,26). The molecule has 0 amide bonds. The summed E-state index contributed by atoms with van der Waals surface area (Å²) >= 11 is 0. The zero-order chi connectivity index (χ0) is 21.1. The Balaban J connectivity index is 1.69. The number of methoxy groups -OCH3 is 1. The third kappa shape index (κ3) is 3.95. The fourth-order valence-electron chi connectivity index (χ4n) is 4.47. The molecule has 3 atom stereocenters. The van der Waals surface area contributed by atoms with Gasteiger partial charge in [0.2, 0.25) is 6.79 Å². The fraction of sp³-hybridized carbons (Fsp3) is 0.435. The number of hydrogen-bond donors (Lipinski definition) is 1. The van der Waals surface area contributed by atoms with Gasteiger partial charge in [0, 0.05) is 31.7 Å². The molecule has 1 N–H and O–H groups in total. The quantitative estimate of drug-likeness (QED) is 0.666. The molecule has 0 saturated carbocycles. The first-order valence-corrected chi connectivity index (χ1v) is 10.2. The molecular weight excluding hydrogens is 386 g/mol. The number of likely N-dealkylation sites (tertiary alicyclic amines) is 1. The summed E-state index contributed by atoms with van der Waals surface area (Å²) < 4.78 is 21.8. The molecule has 2 heterocycles.